The first-order valence-electron chi connectivity index (χ1n) is 8.42. The Balaban J connectivity index is 2.24. The van der Waals surface area contributed by atoms with E-state index in [9.17, 15) is 4.79 Å². The number of anilines is 1. The van der Waals surface area contributed by atoms with Crippen LogP contribution < -0.4 is 29.0 Å². The number of carbonyl (C=O) groups is 1. The molecule has 0 saturated heterocycles. The largest absolute Gasteiger partial charge is 0.497 e. The van der Waals surface area contributed by atoms with E-state index < -0.39 is 0 Å². The van der Waals surface area contributed by atoms with E-state index in [2.05, 4.69) is 5.32 Å². The molecule has 144 valence electrons. The first kappa shape index (κ1) is 18.7. The Bertz CT molecular complexity index is 864. The molecule has 1 heterocycles. The van der Waals surface area contributed by atoms with Gasteiger partial charge in [0.15, 0.2) is 11.5 Å². The minimum Gasteiger partial charge on any atom is -0.497 e. The third-order valence-electron chi connectivity index (χ3n) is 4.69. The van der Waals surface area contributed by atoms with Crippen molar-refractivity contribution in [1.82, 2.24) is 0 Å². The molecule has 1 aliphatic rings. The Kier molecular flexibility index (Phi) is 5.30. The SMILES string of the molecule is COc1cc2c(c(OC)c1)[C@H](c1ccc(OC)c(OC)c1OC)CC(=O)N2. The van der Waals surface area contributed by atoms with Gasteiger partial charge in [-0.3, -0.25) is 4.79 Å². The summed E-state index contributed by atoms with van der Waals surface area (Å²) in [5.74, 6) is 2.43. The number of ether oxygens (including phenoxy) is 5. The third kappa shape index (κ3) is 3.20. The van der Waals surface area contributed by atoms with Crippen LogP contribution in [0.2, 0.25) is 0 Å². The van der Waals surface area contributed by atoms with Crippen LogP contribution in [0.4, 0.5) is 5.69 Å². The number of carbonyl (C=O) groups excluding carboxylic acids is 1. The van der Waals surface area contributed by atoms with E-state index >= 15 is 0 Å². The van der Waals surface area contributed by atoms with Crippen LogP contribution in [0.15, 0.2) is 24.3 Å². The van der Waals surface area contributed by atoms with Crippen molar-refractivity contribution in [3.05, 3.63) is 35.4 Å². The van der Waals surface area contributed by atoms with Gasteiger partial charge in [-0.25, -0.2) is 0 Å². The summed E-state index contributed by atoms with van der Waals surface area (Å²) in [6.07, 6.45) is 0.252. The summed E-state index contributed by atoms with van der Waals surface area (Å²) < 4.78 is 27.4. The van der Waals surface area contributed by atoms with Gasteiger partial charge in [0, 0.05) is 35.6 Å². The van der Waals surface area contributed by atoms with Crippen LogP contribution in [0.5, 0.6) is 28.7 Å². The summed E-state index contributed by atoms with van der Waals surface area (Å²) in [4.78, 5) is 12.4. The second-order valence-electron chi connectivity index (χ2n) is 6.02. The highest BCUT2D eigenvalue weighted by Crippen LogP contribution is 2.50. The lowest BCUT2D eigenvalue weighted by atomic mass is 9.83. The maximum atomic E-state index is 12.4. The van der Waals surface area contributed by atoms with Crippen LogP contribution in [0, 0.1) is 0 Å². The van der Waals surface area contributed by atoms with Gasteiger partial charge < -0.3 is 29.0 Å². The highest BCUT2D eigenvalue weighted by Gasteiger charge is 2.33. The topological polar surface area (TPSA) is 75.2 Å². The lowest BCUT2D eigenvalue weighted by Crippen LogP contribution is -2.24. The molecule has 3 rings (SSSR count). The Morgan fingerprint density at radius 2 is 1.56 bits per heavy atom. The molecule has 0 aliphatic carbocycles. The summed E-state index contributed by atoms with van der Waals surface area (Å²) in [6.45, 7) is 0. The molecular weight excluding hydrogens is 350 g/mol. The number of hydrogen-bond acceptors (Lipinski definition) is 6. The van der Waals surface area contributed by atoms with Gasteiger partial charge in [0.05, 0.1) is 41.2 Å². The minimum atomic E-state index is -0.274. The van der Waals surface area contributed by atoms with Crippen molar-refractivity contribution in [1.29, 1.82) is 0 Å². The van der Waals surface area contributed by atoms with Gasteiger partial charge >= 0.3 is 0 Å². The second kappa shape index (κ2) is 7.65. The molecule has 0 bridgehead atoms. The molecule has 0 unspecified atom stereocenters. The fourth-order valence-corrected chi connectivity index (χ4v) is 3.50. The van der Waals surface area contributed by atoms with Crippen molar-refractivity contribution in [3.63, 3.8) is 0 Å². The zero-order valence-electron chi connectivity index (χ0n) is 16.0. The first-order valence-corrected chi connectivity index (χ1v) is 8.42. The normalized spacial score (nSPS) is 15.4. The fraction of sp³-hybridized carbons (Fsp3) is 0.350. The quantitative estimate of drug-likeness (QED) is 0.838. The van der Waals surface area contributed by atoms with Gasteiger partial charge in [-0.1, -0.05) is 6.07 Å². The van der Waals surface area contributed by atoms with E-state index in [4.69, 9.17) is 23.7 Å². The van der Waals surface area contributed by atoms with E-state index in [0.29, 0.717) is 34.4 Å². The van der Waals surface area contributed by atoms with Gasteiger partial charge in [-0.05, 0) is 6.07 Å². The smallest absolute Gasteiger partial charge is 0.225 e. The first-order chi connectivity index (χ1) is 13.1. The predicted molar refractivity (Wildman–Crippen MR) is 101 cm³/mol. The number of hydrogen-bond donors (Lipinski definition) is 1. The highest BCUT2D eigenvalue weighted by molar-refractivity contribution is 5.96. The summed E-state index contributed by atoms with van der Waals surface area (Å²) in [5.41, 5.74) is 2.34. The molecule has 7 nitrogen and oxygen atoms in total. The third-order valence-corrected chi connectivity index (χ3v) is 4.69. The average Bonchev–Trinajstić information content (AvgIpc) is 2.70. The number of rotatable bonds is 6. The lowest BCUT2D eigenvalue weighted by molar-refractivity contribution is -0.116. The molecule has 1 atom stereocenters. The summed E-state index contributed by atoms with van der Waals surface area (Å²) in [5, 5.41) is 2.90. The molecule has 27 heavy (non-hydrogen) atoms. The molecule has 1 N–H and O–H groups in total. The van der Waals surface area contributed by atoms with Gasteiger partial charge in [0.1, 0.15) is 11.5 Å². The van der Waals surface area contributed by atoms with Crippen LogP contribution >= 0.6 is 0 Å². The van der Waals surface area contributed by atoms with E-state index in [1.807, 2.05) is 6.07 Å². The van der Waals surface area contributed by atoms with Gasteiger partial charge in [0.2, 0.25) is 11.7 Å². The number of benzene rings is 2. The maximum Gasteiger partial charge on any atom is 0.225 e. The van der Waals surface area contributed by atoms with Gasteiger partial charge in [-0.15, -0.1) is 0 Å². The number of methoxy groups -OCH3 is 5. The van der Waals surface area contributed by atoms with Crippen LogP contribution in [0.25, 0.3) is 0 Å². The standard InChI is InChI=1S/C20H23NO6/c1-23-11-8-14-18(16(9-11)25-3)13(10-17(22)21-14)12-6-7-15(24-2)20(27-5)19(12)26-4/h6-9,13H,10H2,1-5H3,(H,21,22)/t13-/m0/s1. The van der Waals surface area contributed by atoms with Crippen LogP contribution in [0.3, 0.4) is 0 Å². The van der Waals surface area contributed by atoms with E-state index in [1.54, 1.807) is 53.7 Å². The zero-order valence-corrected chi connectivity index (χ0v) is 16.0. The predicted octanol–water partition coefficient (Wildman–Crippen LogP) is 3.20. The van der Waals surface area contributed by atoms with E-state index in [0.717, 1.165) is 11.1 Å². The lowest BCUT2D eigenvalue weighted by Gasteiger charge is -2.29. The van der Waals surface area contributed by atoms with E-state index in [1.165, 1.54) is 0 Å². The molecule has 0 radical (unpaired) electrons. The van der Waals surface area contributed by atoms with Gasteiger partial charge in [-0.2, -0.15) is 0 Å². The van der Waals surface area contributed by atoms with Crippen molar-refractivity contribution in [2.24, 2.45) is 0 Å². The Morgan fingerprint density at radius 1 is 0.852 bits per heavy atom. The van der Waals surface area contributed by atoms with Gasteiger partial charge in [0.25, 0.3) is 0 Å². The highest BCUT2D eigenvalue weighted by atomic mass is 16.5. The van der Waals surface area contributed by atoms with E-state index in [-0.39, 0.29) is 18.2 Å². The molecule has 2 aromatic rings. The molecule has 0 fully saturated rings. The second-order valence-corrected chi connectivity index (χ2v) is 6.02. The molecule has 2 aromatic carbocycles. The molecular formula is C20H23NO6. The number of nitrogens with one attached hydrogen (secondary N) is 1. The summed E-state index contributed by atoms with van der Waals surface area (Å²) in [7, 11) is 7.84. The molecule has 7 heteroatoms. The average molecular weight is 373 g/mol. The van der Waals surface area contributed by atoms with Crippen molar-refractivity contribution in [2.75, 3.05) is 40.9 Å². The van der Waals surface area contributed by atoms with Crippen LogP contribution in [0.1, 0.15) is 23.5 Å². The Morgan fingerprint density at radius 3 is 2.15 bits per heavy atom. The number of fused-ring (bicyclic) bond motifs is 1. The zero-order chi connectivity index (χ0) is 19.6. The summed E-state index contributed by atoms with van der Waals surface area (Å²) >= 11 is 0. The van der Waals surface area contributed by atoms with Crippen LogP contribution in [-0.4, -0.2) is 41.5 Å². The molecule has 0 spiro atoms. The summed E-state index contributed by atoms with van der Waals surface area (Å²) in [6, 6.07) is 7.28. The van der Waals surface area contributed by atoms with Crippen molar-refractivity contribution < 1.29 is 28.5 Å². The molecule has 1 aliphatic heterocycles. The van der Waals surface area contributed by atoms with Crippen molar-refractivity contribution in [2.45, 2.75) is 12.3 Å². The van der Waals surface area contributed by atoms with Crippen molar-refractivity contribution in [3.8, 4) is 28.7 Å². The van der Waals surface area contributed by atoms with Crippen molar-refractivity contribution >= 4 is 11.6 Å². The fourth-order valence-electron chi connectivity index (χ4n) is 3.50. The maximum absolute atomic E-state index is 12.4. The molecule has 0 aromatic heterocycles. The molecule has 0 saturated carbocycles. The number of amides is 1. The minimum absolute atomic E-state index is 0.0976. The monoisotopic (exact) mass is 373 g/mol. The Hall–Kier alpha value is -3.09. The van der Waals surface area contributed by atoms with Crippen LogP contribution in [-0.2, 0) is 4.79 Å². The molecule has 1 amide bonds. The Labute approximate surface area is 158 Å².